The lowest BCUT2D eigenvalue weighted by Gasteiger charge is -2.16. The summed E-state index contributed by atoms with van der Waals surface area (Å²) in [5.74, 6) is 0.948. The van der Waals surface area contributed by atoms with Crippen molar-refractivity contribution in [3.63, 3.8) is 0 Å². The standard InChI is InChI=1S/C18H18BrNO/c1-11-5-4-6-16(12(11)2)20-13(3)18-10-14-9-15(19)7-8-17(14)21-18/h4-10,13,20H,1-3H3. The molecule has 21 heavy (non-hydrogen) atoms. The molecule has 0 saturated carbocycles. The van der Waals surface area contributed by atoms with Crippen LogP contribution in [0.25, 0.3) is 11.0 Å². The van der Waals surface area contributed by atoms with Gasteiger partial charge in [0.05, 0.1) is 6.04 Å². The van der Waals surface area contributed by atoms with Crippen molar-refractivity contribution in [1.29, 1.82) is 0 Å². The smallest absolute Gasteiger partial charge is 0.134 e. The molecule has 3 heteroatoms. The van der Waals surface area contributed by atoms with Crippen LogP contribution in [-0.4, -0.2) is 0 Å². The summed E-state index contributed by atoms with van der Waals surface area (Å²) >= 11 is 3.49. The van der Waals surface area contributed by atoms with Gasteiger partial charge in [0.25, 0.3) is 0 Å². The van der Waals surface area contributed by atoms with Gasteiger partial charge in [0.15, 0.2) is 0 Å². The molecule has 3 rings (SSSR count). The third kappa shape index (κ3) is 2.84. The Kier molecular flexibility index (Phi) is 3.77. The number of fused-ring (bicyclic) bond motifs is 1. The summed E-state index contributed by atoms with van der Waals surface area (Å²) in [4.78, 5) is 0. The van der Waals surface area contributed by atoms with Crippen molar-refractivity contribution in [2.24, 2.45) is 0 Å². The van der Waals surface area contributed by atoms with E-state index in [4.69, 9.17) is 4.42 Å². The molecule has 2 aromatic carbocycles. The van der Waals surface area contributed by atoms with Gasteiger partial charge in [-0.15, -0.1) is 0 Å². The van der Waals surface area contributed by atoms with Crippen LogP contribution in [0.15, 0.2) is 51.4 Å². The number of hydrogen-bond acceptors (Lipinski definition) is 2. The Morgan fingerprint density at radius 1 is 1.10 bits per heavy atom. The van der Waals surface area contributed by atoms with Crippen LogP contribution in [0.5, 0.6) is 0 Å². The minimum Gasteiger partial charge on any atom is -0.459 e. The van der Waals surface area contributed by atoms with Crippen molar-refractivity contribution in [2.45, 2.75) is 26.8 Å². The van der Waals surface area contributed by atoms with Crippen molar-refractivity contribution in [3.05, 3.63) is 63.8 Å². The summed E-state index contributed by atoms with van der Waals surface area (Å²) in [5, 5.41) is 4.66. The first-order chi connectivity index (χ1) is 10.0. The molecule has 2 nitrogen and oxygen atoms in total. The van der Waals surface area contributed by atoms with E-state index in [9.17, 15) is 0 Å². The van der Waals surface area contributed by atoms with E-state index in [1.807, 2.05) is 12.1 Å². The summed E-state index contributed by atoms with van der Waals surface area (Å²) in [6, 6.07) is 14.6. The van der Waals surface area contributed by atoms with E-state index in [0.29, 0.717) is 0 Å². The molecule has 1 N–H and O–H groups in total. The number of hydrogen-bond donors (Lipinski definition) is 1. The number of rotatable bonds is 3. The van der Waals surface area contributed by atoms with E-state index >= 15 is 0 Å². The second-order valence-corrected chi connectivity index (χ2v) is 6.36. The van der Waals surface area contributed by atoms with Crippen LogP contribution in [0.4, 0.5) is 5.69 Å². The topological polar surface area (TPSA) is 25.2 Å². The number of anilines is 1. The van der Waals surface area contributed by atoms with Crippen molar-refractivity contribution in [1.82, 2.24) is 0 Å². The Morgan fingerprint density at radius 3 is 2.71 bits per heavy atom. The number of nitrogens with one attached hydrogen (secondary N) is 1. The predicted molar refractivity (Wildman–Crippen MR) is 91.9 cm³/mol. The lowest BCUT2D eigenvalue weighted by atomic mass is 10.1. The first-order valence-electron chi connectivity index (χ1n) is 7.06. The third-order valence-electron chi connectivity index (χ3n) is 3.90. The van der Waals surface area contributed by atoms with Crippen LogP contribution >= 0.6 is 15.9 Å². The number of benzene rings is 2. The molecule has 0 aliphatic rings. The largest absolute Gasteiger partial charge is 0.459 e. The van der Waals surface area contributed by atoms with Crippen LogP contribution in [-0.2, 0) is 0 Å². The number of halogens is 1. The number of furan rings is 1. The third-order valence-corrected chi connectivity index (χ3v) is 4.39. The molecule has 1 heterocycles. The van der Waals surface area contributed by atoms with Gasteiger partial charge in [-0.25, -0.2) is 0 Å². The molecule has 0 bridgehead atoms. The highest BCUT2D eigenvalue weighted by Gasteiger charge is 2.13. The van der Waals surface area contributed by atoms with Gasteiger partial charge >= 0.3 is 0 Å². The molecule has 0 saturated heterocycles. The summed E-state index contributed by atoms with van der Waals surface area (Å²) in [7, 11) is 0. The SMILES string of the molecule is Cc1cccc(NC(C)c2cc3cc(Br)ccc3o2)c1C. The average Bonchev–Trinajstić information content (AvgIpc) is 2.87. The molecule has 1 aromatic heterocycles. The van der Waals surface area contributed by atoms with Gasteiger partial charge in [-0.3, -0.25) is 0 Å². The van der Waals surface area contributed by atoms with Crippen LogP contribution in [0, 0.1) is 13.8 Å². The van der Waals surface area contributed by atoms with E-state index in [1.54, 1.807) is 0 Å². The molecular formula is C18H18BrNO. The fraction of sp³-hybridized carbons (Fsp3) is 0.222. The second kappa shape index (κ2) is 5.57. The Morgan fingerprint density at radius 2 is 1.90 bits per heavy atom. The summed E-state index contributed by atoms with van der Waals surface area (Å²) in [6.45, 7) is 6.39. The first-order valence-corrected chi connectivity index (χ1v) is 7.85. The molecular weight excluding hydrogens is 326 g/mol. The van der Waals surface area contributed by atoms with E-state index in [1.165, 1.54) is 11.1 Å². The molecule has 1 unspecified atom stereocenters. The summed E-state index contributed by atoms with van der Waals surface area (Å²) < 4.78 is 7.01. The van der Waals surface area contributed by atoms with Gasteiger partial charge in [0.2, 0.25) is 0 Å². The summed E-state index contributed by atoms with van der Waals surface area (Å²) in [5.41, 5.74) is 4.65. The highest BCUT2D eigenvalue weighted by molar-refractivity contribution is 9.10. The van der Waals surface area contributed by atoms with Crippen LogP contribution < -0.4 is 5.32 Å². The van der Waals surface area contributed by atoms with E-state index < -0.39 is 0 Å². The van der Waals surface area contributed by atoms with Gasteiger partial charge in [0.1, 0.15) is 11.3 Å². The predicted octanol–water partition coefficient (Wildman–Crippen LogP) is 5.99. The van der Waals surface area contributed by atoms with Gasteiger partial charge in [0, 0.05) is 15.5 Å². The van der Waals surface area contributed by atoms with Crippen molar-refractivity contribution >= 4 is 32.6 Å². The zero-order valence-corrected chi connectivity index (χ0v) is 14.0. The molecule has 0 amide bonds. The van der Waals surface area contributed by atoms with Crippen molar-refractivity contribution in [2.75, 3.05) is 5.32 Å². The zero-order chi connectivity index (χ0) is 15.0. The monoisotopic (exact) mass is 343 g/mol. The maximum atomic E-state index is 5.94. The summed E-state index contributed by atoms with van der Waals surface area (Å²) in [6.07, 6.45) is 0. The van der Waals surface area contributed by atoms with Gasteiger partial charge in [-0.1, -0.05) is 28.1 Å². The maximum absolute atomic E-state index is 5.94. The molecule has 0 radical (unpaired) electrons. The maximum Gasteiger partial charge on any atom is 0.134 e. The first kappa shape index (κ1) is 14.2. The highest BCUT2D eigenvalue weighted by atomic mass is 79.9. The number of aryl methyl sites for hydroxylation is 1. The molecule has 0 aliphatic heterocycles. The van der Waals surface area contributed by atoms with Gasteiger partial charge < -0.3 is 9.73 Å². The molecule has 0 fully saturated rings. The zero-order valence-electron chi connectivity index (χ0n) is 12.4. The van der Waals surface area contributed by atoms with Crippen molar-refractivity contribution in [3.8, 4) is 0 Å². The Labute approximate surface area is 133 Å². The minimum atomic E-state index is 0.122. The van der Waals surface area contributed by atoms with E-state index in [-0.39, 0.29) is 6.04 Å². The molecule has 1 atom stereocenters. The fourth-order valence-electron chi connectivity index (χ4n) is 2.46. The molecule has 0 aliphatic carbocycles. The second-order valence-electron chi connectivity index (χ2n) is 5.44. The lowest BCUT2D eigenvalue weighted by molar-refractivity contribution is 0.526. The van der Waals surface area contributed by atoms with Gasteiger partial charge in [-0.2, -0.15) is 0 Å². The fourth-order valence-corrected chi connectivity index (χ4v) is 2.84. The highest BCUT2D eigenvalue weighted by Crippen LogP contribution is 2.29. The van der Waals surface area contributed by atoms with Crippen molar-refractivity contribution < 1.29 is 4.42 Å². The molecule has 108 valence electrons. The van der Waals surface area contributed by atoms with Gasteiger partial charge in [-0.05, 0) is 62.2 Å². The van der Waals surface area contributed by atoms with E-state index in [2.05, 4.69) is 72.3 Å². The quantitative estimate of drug-likeness (QED) is 0.632. The minimum absolute atomic E-state index is 0.122. The Balaban J connectivity index is 1.89. The van der Waals surface area contributed by atoms with Crippen LogP contribution in [0.1, 0.15) is 29.9 Å². The van der Waals surface area contributed by atoms with Crippen LogP contribution in [0.3, 0.4) is 0 Å². The van der Waals surface area contributed by atoms with Crippen LogP contribution in [0.2, 0.25) is 0 Å². The normalized spacial score (nSPS) is 12.6. The average molecular weight is 344 g/mol. The Hall–Kier alpha value is -1.74. The Bertz CT molecular complexity index is 791. The molecule has 0 spiro atoms. The lowest BCUT2D eigenvalue weighted by Crippen LogP contribution is -2.07. The molecule has 3 aromatic rings. The van der Waals surface area contributed by atoms with E-state index in [0.717, 1.165) is 26.9 Å².